The van der Waals surface area contributed by atoms with Gasteiger partial charge in [-0.2, -0.15) is 0 Å². The van der Waals surface area contributed by atoms with Gasteiger partial charge < -0.3 is 0 Å². The van der Waals surface area contributed by atoms with E-state index in [-0.39, 0.29) is 44.6 Å². The van der Waals surface area contributed by atoms with Crippen LogP contribution in [0.3, 0.4) is 0 Å². The summed E-state index contributed by atoms with van der Waals surface area (Å²) >= 11 is 0. The van der Waals surface area contributed by atoms with Crippen molar-refractivity contribution in [2.24, 2.45) is 48.2 Å². The number of aromatic nitrogens is 6. The number of benzene rings is 6. The minimum atomic E-state index is -2.07. The van der Waals surface area contributed by atoms with E-state index in [1.54, 1.807) is 18.5 Å². The van der Waals surface area contributed by atoms with Crippen molar-refractivity contribution < 1.29 is 35.6 Å². The number of pyridine rings is 6. The van der Waals surface area contributed by atoms with Gasteiger partial charge in [0.25, 0.3) is 0 Å². The zero-order chi connectivity index (χ0) is 77.2. The molecule has 6 aromatic carbocycles. The summed E-state index contributed by atoms with van der Waals surface area (Å²) in [6, 6.07) is 69.6. The molecule has 0 aliphatic rings. The normalized spacial score (nSPS) is 11.1. The molecule has 0 fully saturated rings. The highest BCUT2D eigenvalue weighted by molar-refractivity contribution is 5.68. The monoisotopic (exact) mass is 1420 g/mol. The Morgan fingerprint density at radius 3 is 1.12 bits per heavy atom. The minimum Gasteiger partial charge on any atom is -0.201 e. The second-order valence-corrected chi connectivity index (χ2v) is 27.3. The molecule has 6 heteroatoms. The van der Waals surface area contributed by atoms with E-state index in [1.165, 1.54) is 101 Å². The van der Waals surface area contributed by atoms with Crippen molar-refractivity contribution in [2.45, 2.75) is 181 Å². The topological polar surface area (TPSA) is 23.3 Å². The second-order valence-electron chi connectivity index (χ2n) is 27.3. The molecule has 558 valence electrons. The van der Waals surface area contributed by atoms with Gasteiger partial charge in [-0.3, -0.25) is 0 Å². The molecule has 0 unspecified atom stereocenters. The Morgan fingerprint density at radius 1 is 0.314 bits per heavy atom. The van der Waals surface area contributed by atoms with Crippen LogP contribution in [0.25, 0.3) is 67.5 Å². The lowest BCUT2D eigenvalue weighted by atomic mass is 9.97. The molecule has 0 aliphatic heterocycles. The maximum atomic E-state index is 7.64. The van der Waals surface area contributed by atoms with Crippen LogP contribution in [0.1, 0.15) is 177 Å². The molecule has 0 amide bonds. The first-order valence-corrected chi connectivity index (χ1v) is 34.9. The van der Waals surface area contributed by atoms with Gasteiger partial charge in [-0.25, -0.2) is 27.4 Å². The Kier molecular flexibility index (Phi) is 34.7. The zero-order valence-corrected chi connectivity index (χ0v) is 63.3. The van der Waals surface area contributed by atoms with E-state index in [4.69, 9.17) is 8.22 Å². The summed E-state index contributed by atoms with van der Waals surface area (Å²) in [5.41, 5.74) is 31.6. The largest absolute Gasteiger partial charge is 0.215 e. The maximum absolute atomic E-state index is 7.64. The molecule has 105 heavy (non-hydrogen) atoms. The Balaban J connectivity index is 0.000000660. The van der Waals surface area contributed by atoms with Crippen molar-refractivity contribution in [1.82, 2.24) is 0 Å². The third-order valence-electron chi connectivity index (χ3n) is 18.7. The van der Waals surface area contributed by atoms with Crippen LogP contribution in [-0.2, 0) is 55.1 Å². The van der Waals surface area contributed by atoms with Gasteiger partial charge in [-0.1, -0.05) is 188 Å². The lowest BCUT2D eigenvalue weighted by molar-refractivity contribution is -0.661. The second kappa shape index (κ2) is 44.1. The fourth-order valence-corrected chi connectivity index (χ4v) is 12.8. The molecule has 0 spiro atoms. The molecule has 0 atom stereocenters. The SMILES string of the molecule is C.C.C.C.C.C.CC(C)c1ccc(-c2ccccc2)[n+](C)c1.CCc1ccc(-c2ccccc2C)[n+](C)c1.Cc1ccccc1-c1c(C)c(C)cc[n+]1C.Cc1ccccc1-c1ccc(CC(C)C)c[n+]1C.[2H]C([2H])([2H])c1c[n+](C)c(-c2ccccc2C)c(C)c1C.[2H]C([2H])([2H])c1cc(C)c(-c2ccccc2C)[n+](C)c1. The maximum Gasteiger partial charge on any atom is 0.215 e. The number of hydrogen-bond acceptors (Lipinski definition) is 0. The first-order valence-electron chi connectivity index (χ1n) is 37.9. The van der Waals surface area contributed by atoms with Gasteiger partial charge >= 0.3 is 0 Å². The van der Waals surface area contributed by atoms with Gasteiger partial charge in [-0.05, 0) is 213 Å². The molecule has 12 aromatic rings. The molecule has 6 heterocycles. The first kappa shape index (κ1) is 82.5. The van der Waals surface area contributed by atoms with Crippen LogP contribution in [0, 0.1) is 88.9 Å². The van der Waals surface area contributed by atoms with E-state index in [0.29, 0.717) is 23.0 Å². The van der Waals surface area contributed by atoms with Gasteiger partial charge in [0.15, 0.2) is 37.2 Å². The van der Waals surface area contributed by atoms with Crippen molar-refractivity contribution in [1.29, 1.82) is 0 Å². The Labute approximate surface area is 649 Å². The molecular weight excluding hydrogens is 1270 g/mol. The highest BCUT2D eigenvalue weighted by Crippen LogP contribution is 2.29. The van der Waals surface area contributed by atoms with Crippen LogP contribution in [0.4, 0.5) is 0 Å². The van der Waals surface area contributed by atoms with Crippen LogP contribution >= 0.6 is 0 Å². The van der Waals surface area contributed by atoms with Crippen molar-refractivity contribution in [3.8, 4) is 67.5 Å². The Morgan fingerprint density at radius 2 is 0.714 bits per heavy atom. The molecule has 0 radical (unpaired) electrons. The first-order chi connectivity index (χ1) is 49.6. The fourth-order valence-electron chi connectivity index (χ4n) is 12.8. The molecule has 0 N–H and O–H groups in total. The molecule has 12 rings (SSSR count). The molecule has 6 aromatic heterocycles. The number of nitrogens with zero attached hydrogens (tertiary/aromatic N) is 6. The smallest absolute Gasteiger partial charge is 0.201 e. The van der Waals surface area contributed by atoms with E-state index < -0.39 is 13.7 Å². The highest BCUT2D eigenvalue weighted by atomic mass is 14.9. The van der Waals surface area contributed by atoms with Crippen LogP contribution < -0.4 is 27.4 Å². The molecule has 6 nitrogen and oxygen atoms in total. The van der Waals surface area contributed by atoms with Gasteiger partial charge in [-0.15, -0.1) is 0 Å². The lowest BCUT2D eigenvalue weighted by Crippen LogP contribution is -2.33. The average molecular weight is 1420 g/mol. The lowest BCUT2D eigenvalue weighted by Gasteiger charge is -2.10. The van der Waals surface area contributed by atoms with Crippen LogP contribution in [0.2, 0.25) is 0 Å². The van der Waals surface area contributed by atoms with Gasteiger partial charge in [0, 0.05) is 110 Å². The van der Waals surface area contributed by atoms with Crippen LogP contribution in [-0.4, -0.2) is 0 Å². The number of hydrogen-bond donors (Lipinski definition) is 0. The summed E-state index contributed by atoms with van der Waals surface area (Å²) in [4.78, 5) is 0. The van der Waals surface area contributed by atoms with E-state index in [1.807, 2.05) is 74.3 Å². The van der Waals surface area contributed by atoms with Gasteiger partial charge in [0.2, 0.25) is 34.2 Å². The predicted molar refractivity (Wildman–Crippen MR) is 458 cm³/mol. The van der Waals surface area contributed by atoms with Crippen LogP contribution in [0.5, 0.6) is 0 Å². The average Bonchev–Trinajstić information content (AvgIpc) is 0.774. The summed E-state index contributed by atoms with van der Waals surface area (Å²) in [6.45, 7) is 27.8. The molecule has 0 bridgehead atoms. The molecule has 0 saturated carbocycles. The quantitative estimate of drug-likeness (QED) is 0.122. The van der Waals surface area contributed by atoms with E-state index in [2.05, 4.69) is 318 Å². The van der Waals surface area contributed by atoms with Crippen molar-refractivity contribution in [3.05, 3.63) is 321 Å². The van der Waals surface area contributed by atoms with Gasteiger partial charge in [0.1, 0.15) is 42.3 Å². The summed E-state index contributed by atoms with van der Waals surface area (Å²) in [5.74, 6) is 1.28. The molecular formula is C99H138N6+6. The zero-order valence-electron chi connectivity index (χ0n) is 69.3. The van der Waals surface area contributed by atoms with Gasteiger partial charge in [0.05, 0.1) is 0 Å². The number of aryl methyl sites for hydroxylation is 16. The Bertz CT molecular complexity index is 4890. The third kappa shape index (κ3) is 24.9. The summed E-state index contributed by atoms with van der Waals surface area (Å²) in [7, 11) is 12.3. The van der Waals surface area contributed by atoms with Crippen molar-refractivity contribution in [3.63, 3.8) is 0 Å². The molecule has 0 aliphatic carbocycles. The summed E-state index contributed by atoms with van der Waals surface area (Å²) in [5, 5.41) is 0. The fraction of sp³-hybridized carbons (Fsp3) is 0.333. The molecule has 0 saturated heterocycles. The van der Waals surface area contributed by atoms with Crippen LogP contribution in [0.15, 0.2) is 237 Å². The minimum absolute atomic E-state index is 0. The van der Waals surface area contributed by atoms with Crippen molar-refractivity contribution >= 4 is 0 Å². The highest BCUT2D eigenvalue weighted by Gasteiger charge is 2.21. The summed E-state index contributed by atoms with van der Waals surface area (Å²) in [6.07, 6.45) is 14.5. The third-order valence-corrected chi connectivity index (χ3v) is 18.7. The van der Waals surface area contributed by atoms with E-state index in [9.17, 15) is 0 Å². The number of rotatable bonds is 10. The Hall–Kier alpha value is -9.78. The van der Waals surface area contributed by atoms with E-state index >= 15 is 0 Å². The standard InChI is InChI=1S/C17H22N.C16H20N.4C15H18N.6CH4/c1-13(2)11-15-9-10-17(18(4)12-15)16-8-6-5-7-14(16)3;1-11-8-6-7-9-15(11)16-14(4)13(3)12(2)10-17(16)5;1-11-9-13(3)15(16(4)10-11)14-8-6-5-7-12(14)2;1-11-9-10-16(4)15(13(11)3)14-8-6-5-7-12(14)2;1-12(2)14-9-10-15(16(3)11-14)13-7-5-4-6-8-13;1-4-13-9-10-15(16(3)11-13)14-8-6-5-7-12(14)2;;;;;;/h5-10,12-13H,11H2,1-4H3;6-10H,1-5H3;2*5-10H,1-4H3;4-12H,1-3H3;5-11H,4H2,1-3H3;6*1H4/q6*+1;;;;;;/i;2D3;1D3;;;;;;;;;. The van der Waals surface area contributed by atoms with Crippen molar-refractivity contribution in [2.75, 3.05) is 0 Å². The van der Waals surface area contributed by atoms with E-state index in [0.717, 1.165) is 52.0 Å². The summed E-state index contributed by atoms with van der Waals surface area (Å²) < 4.78 is 58.1. The predicted octanol–water partition coefficient (Wildman–Crippen LogP) is 23.5.